The van der Waals surface area contributed by atoms with Gasteiger partial charge in [-0.2, -0.15) is 5.10 Å². The number of H-pyrrole nitrogens is 1. The van der Waals surface area contributed by atoms with Crippen molar-refractivity contribution in [3.05, 3.63) is 52.1 Å². The molecule has 1 amide bonds. The highest BCUT2D eigenvalue weighted by atomic mass is 79.9. The molecule has 0 radical (unpaired) electrons. The van der Waals surface area contributed by atoms with Crippen LogP contribution in [-0.2, 0) is 0 Å². The van der Waals surface area contributed by atoms with Gasteiger partial charge in [-0.3, -0.25) is 14.5 Å². The summed E-state index contributed by atoms with van der Waals surface area (Å²) in [6.45, 7) is 0. The fraction of sp³-hybridized carbons (Fsp3) is 0.118. The number of nitrogens with one attached hydrogen (secondary N) is 2. The largest absolute Gasteiger partial charge is 0.348 e. The highest BCUT2D eigenvalue weighted by Crippen LogP contribution is 2.33. The van der Waals surface area contributed by atoms with Crippen LogP contribution in [0.5, 0.6) is 0 Å². The molecule has 3 aromatic heterocycles. The fourth-order valence-electron chi connectivity index (χ4n) is 2.61. The van der Waals surface area contributed by atoms with Crippen LogP contribution in [0.3, 0.4) is 0 Å². The van der Waals surface area contributed by atoms with E-state index in [1.165, 1.54) is 11.3 Å². The minimum Gasteiger partial charge on any atom is -0.348 e. The first-order valence-electron chi connectivity index (χ1n) is 7.78. The first-order chi connectivity index (χ1) is 12.5. The van der Waals surface area contributed by atoms with E-state index >= 15 is 0 Å². The molecule has 4 rings (SSSR count). The van der Waals surface area contributed by atoms with E-state index in [9.17, 15) is 4.79 Å². The van der Waals surface area contributed by atoms with Gasteiger partial charge < -0.3 is 10.2 Å². The average molecular weight is 431 g/mol. The SMILES string of the molecule is CN(C)c1nc2cc(C(=O)Nc3cn[nH]c3)sc2n1-c1ccc(Br)cc1. The van der Waals surface area contributed by atoms with Crippen LogP contribution in [0.1, 0.15) is 9.67 Å². The Morgan fingerprint density at radius 2 is 2.08 bits per heavy atom. The van der Waals surface area contributed by atoms with Crippen LogP contribution in [0, 0.1) is 0 Å². The van der Waals surface area contributed by atoms with E-state index in [1.54, 1.807) is 12.4 Å². The van der Waals surface area contributed by atoms with Crippen LogP contribution >= 0.6 is 27.3 Å². The molecule has 132 valence electrons. The molecule has 0 aliphatic rings. The zero-order valence-corrected chi connectivity index (χ0v) is 16.4. The summed E-state index contributed by atoms with van der Waals surface area (Å²) in [7, 11) is 3.90. The molecule has 2 N–H and O–H groups in total. The highest BCUT2D eigenvalue weighted by molar-refractivity contribution is 9.10. The van der Waals surface area contributed by atoms with E-state index in [4.69, 9.17) is 4.98 Å². The number of imidazole rings is 1. The lowest BCUT2D eigenvalue weighted by Crippen LogP contribution is -2.14. The zero-order valence-electron chi connectivity index (χ0n) is 14.0. The molecular weight excluding hydrogens is 416 g/mol. The van der Waals surface area contributed by atoms with Gasteiger partial charge in [-0.05, 0) is 30.3 Å². The molecule has 7 nitrogen and oxygen atoms in total. The summed E-state index contributed by atoms with van der Waals surface area (Å²) < 4.78 is 3.07. The number of hydrogen-bond donors (Lipinski definition) is 2. The standard InChI is InChI=1S/C17H15BrN6OS/c1-23(2)17-22-13-7-14(15(25)21-11-8-19-20-9-11)26-16(13)24(17)12-5-3-10(18)4-6-12/h3-9H,1-2H3,(H,19,20)(H,21,25). The summed E-state index contributed by atoms with van der Waals surface area (Å²) in [6, 6.07) is 9.82. The summed E-state index contributed by atoms with van der Waals surface area (Å²) in [5.74, 6) is 0.638. The number of benzene rings is 1. The topological polar surface area (TPSA) is 78.8 Å². The van der Waals surface area contributed by atoms with Gasteiger partial charge in [-0.15, -0.1) is 11.3 Å². The fourth-order valence-corrected chi connectivity index (χ4v) is 3.88. The second-order valence-corrected chi connectivity index (χ2v) is 7.81. The number of amides is 1. The molecule has 0 bridgehead atoms. The predicted octanol–water partition coefficient (Wildman–Crippen LogP) is 3.89. The van der Waals surface area contributed by atoms with E-state index in [0.717, 1.165) is 26.5 Å². The lowest BCUT2D eigenvalue weighted by atomic mass is 10.3. The molecule has 9 heteroatoms. The molecule has 0 aliphatic carbocycles. The number of hydrogen-bond acceptors (Lipinski definition) is 5. The molecule has 3 heterocycles. The van der Waals surface area contributed by atoms with E-state index in [1.807, 2.05) is 49.3 Å². The van der Waals surface area contributed by atoms with Gasteiger partial charge in [0.25, 0.3) is 5.91 Å². The normalized spacial score (nSPS) is 11.0. The lowest BCUT2D eigenvalue weighted by Gasteiger charge is -2.14. The summed E-state index contributed by atoms with van der Waals surface area (Å²) in [6.07, 6.45) is 3.20. The van der Waals surface area contributed by atoms with Crippen LogP contribution in [0.4, 0.5) is 11.6 Å². The van der Waals surface area contributed by atoms with Gasteiger partial charge in [0.2, 0.25) is 5.95 Å². The maximum atomic E-state index is 12.5. The summed E-state index contributed by atoms with van der Waals surface area (Å²) in [4.78, 5) is 20.7. The van der Waals surface area contributed by atoms with Crippen LogP contribution in [-0.4, -0.2) is 39.8 Å². The monoisotopic (exact) mass is 430 g/mol. The number of nitrogens with zero attached hydrogens (tertiary/aromatic N) is 4. The third-order valence-corrected chi connectivity index (χ3v) is 5.42. The van der Waals surface area contributed by atoms with E-state index in [0.29, 0.717) is 10.6 Å². The molecule has 0 atom stereocenters. The molecule has 0 unspecified atom stereocenters. The Kier molecular flexibility index (Phi) is 4.25. The van der Waals surface area contributed by atoms with E-state index < -0.39 is 0 Å². The van der Waals surface area contributed by atoms with Gasteiger partial charge in [-0.1, -0.05) is 15.9 Å². The van der Waals surface area contributed by atoms with Crippen molar-refractivity contribution in [2.45, 2.75) is 0 Å². The quantitative estimate of drug-likeness (QED) is 0.514. The third kappa shape index (κ3) is 2.99. The first kappa shape index (κ1) is 16.8. The van der Waals surface area contributed by atoms with Crippen molar-refractivity contribution in [1.29, 1.82) is 0 Å². The van der Waals surface area contributed by atoms with Crippen molar-refractivity contribution in [3.8, 4) is 5.69 Å². The Morgan fingerprint density at radius 3 is 2.73 bits per heavy atom. The van der Waals surface area contributed by atoms with Crippen LogP contribution in [0.2, 0.25) is 0 Å². The van der Waals surface area contributed by atoms with Gasteiger partial charge >= 0.3 is 0 Å². The first-order valence-corrected chi connectivity index (χ1v) is 9.39. The maximum Gasteiger partial charge on any atom is 0.265 e. The summed E-state index contributed by atoms with van der Waals surface area (Å²) in [5.41, 5.74) is 2.41. The smallest absolute Gasteiger partial charge is 0.265 e. The van der Waals surface area contributed by atoms with Crippen molar-refractivity contribution in [2.75, 3.05) is 24.3 Å². The Hall–Kier alpha value is -2.65. The van der Waals surface area contributed by atoms with Crippen molar-refractivity contribution in [1.82, 2.24) is 19.7 Å². The van der Waals surface area contributed by atoms with Gasteiger partial charge in [0, 0.05) is 30.5 Å². The summed E-state index contributed by atoms with van der Waals surface area (Å²) >= 11 is 4.87. The second kappa shape index (κ2) is 6.58. The lowest BCUT2D eigenvalue weighted by molar-refractivity contribution is 0.103. The van der Waals surface area contributed by atoms with Crippen LogP contribution in [0.15, 0.2) is 47.2 Å². The Morgan fingerprint density at radius 1 is 1.31 bits per heavy atom. The molecule has 1 aromatic carbocycles. The minimum absolute atomic E-state index is 0.178. The van der Waals surface area contributed by atoms with Gasteiger partial charge in [0.05, 0.1) is 16.8 Å². The molecule has 0 aliphatic heterocycles. The number of anilines is 2. The van der Waals surface area contributed by atoms with Crippen molar-refractivity contribution in [2.24, 2.45) is 0 Å². The molecule has 0 saturated heterocycles. The molecule has 26 heavy (non-hydrogen) atoms. The second-order valence-electron chi connectivity index (χ2n) is 5.86. The van der Waals surface area contributed by atoms with Crippen LogP contribution < -0.4 is 10.2 Å². The van der Waals surface area contributed by atoms with Gasteiger partial charge in [-0.25, -0.2) is 4.98 Å². The number of aromatic amines is 1. The zero-order chi connectivity index (χ0) is 18.3. The number of carbonyl (C=O) groups is 1. The maximum absolute atomic E-state index is 12.5. The Balaban J connectivity index is 1.78. The third-order valence-electron chi connectivity index (χ3n) is 3.78. The van der Waals surface area contributed by atoms with E-state index in [-0.39, 0.29) is 5.91 Å². The molecule has 0 fully saturated rings. The Labute approximate surface area is 161 Å². The molecule has 0 saturated carbocycles. The van der Waals surface area contributed by atoms with Gasteiger partial charge in [0.1, 0.15) is 10.3 Å². The minimum atomic E-state index is -0.178. The highest BCUT2D eigenvalue weighted by Gasteiger charge is 2.20. The number of aromatic nitrogens is 4. The molecular formula is C17H15BrN6OS. The number of fused-ring (bicyclic) bond motifs is 1. The van der Waals surface area contributed by atoms with Gasteiger partial charge in [0.15, 0.2) is 0 Å². The number of halogens is 1. The van der Waals surface area contributed by atoms with Crippen molar-refractivity contribution < 1.29 is 4.79 Å². The van der Waals surface area contributed by atoms with Crippen molar-refractivity contribution >= 4 is 55.2 Å². The molecule has 0 spiro atoms. The van der Waals surface area contributed by atoms with Crippen molar-refractivity contribution in [3.63, 3.8) is 0 Å². The number of rotatable bonds is 4. The predicted molar refractivity (Wildman–Crippen MR) is 108 cm³/mol. The summed E-state index contributed by atoms with van der Waals surface area (Å²) in [5, 5.41) is 9.32. The number of carbonyl (C=O) groups excluding carboxylic acids is 1. The number of thiophene rings is 1. The van der Waals surface area contributed by atoms with E-state index in [2.05, 4.69) is 36.0 Å². The Bertz CT molecular complexity index is 1070. The van der Waals surface area contributed by atoms with Crippen LogP contribution in [0.25, 0.3) is 16.0 Å². The average Bonchev–Trinajstić information content (AvgIpc) is 3.30. The molecule has 4 aromatic rings.